The average molecular weight is 302 g/mol. The molecule has 2 aromatic carbocycles. The molecular formula is C17H16ClNO2. The highest BCUT2D eigenvalue weighted by atomic mass is 35.5. The summed E-state index contributed by atoms with van der Waals surface area (Å²) in [7, 11) is 0. The average Bonchev–Trinajstić information content (AvgIpc) is 2.49. The molecule has 0 radical (unpaired) electrons. The van der Waals surface area contributed by atoms with Gasteiger partial charge in [0.05, 0.1) is 10.7 Å². The van der Waals surface area contributed by atoms with E-state index in [9.17, 15) is 4.79 Å². The van der Waals surface area contributed by atoms with Crippen LogP contribution in [0, 0.1) is 0 Å². The zero-order valence-electron chi connectivity index (χ0n) is 11.8. The molecule has 0 spiro atoms. The molecule has 0 saturated carbocycles. The van der Waals surface area contributed by atoms with Gasteiger partial charge in [-0.1, -0.05) is 54.1 Å². The first-order valence-corrected chi connectivity index (χ1v) is 7.28. The van der Waals surface area contributed by atoms with Crippen molar-refractivity contribution in [1.29, 1.82) is 0 Å². The number of nitrogens with zero attached hydrogens (tertiary/aromatic N) is 1. The Balaban J connectivity index is 1.85. The van der Waals surface area contributed by atoms with Crippen LogP contribution in [0.2, 0.25) is 5.02 Å². The molecule has 2 aromatic rings. The maximum atomic E-state index is 12.4. The normalized spacial score (nSPS) is 22.0. The fourth-order valence-corrected chi connectivity index (χ4v) is 2.84. The van der Waals surface area contributed by atoms with Gasteiger partial charge in [0.15, 0.2) is 0 Å². The van der Waals surface area contributed by atoms with E-state index in [0.717, 1.165) is 5.56 Å². The van der Waals surface area contributed by atoms with E-state index in [1.165, 1.54) is 0 Å². The molecule has 1 fully saturated rings. The van der Waals surface area contributed by atoms with Gasteiger partial charge in [-0.05, 0) is 24.6 Å². The van der Waals surface area contributed by atoms with Crippen molar-refractivity contribution in [2.75, 3.05) is 11.4 Å². The second kappa shape index (κ2) is 5.41. The van der Waals surface area contributed by atoms with Crippen molar-refractivity contribution >= 4 is 23.4 Å². The lowest BCUT2D eigenvalue weighted by Gasteiger charge is -2.39. The Morgan fingerprint density at radius 3 is 2.43 bits per heavy atom. The molecule has 0 bridgehead atoms. The molecule has 1 amide bonds. The van der Waals surface area contributed by atoms with E-state index in [4.69, 9.17) is 16.3 Å². The van der Waals surface area contributed by atoms with Crippen molar-refractivity contribution in [3.8, 4) is 0 Å². The van der Waals surface area contributed by atoms with E-state index in [-0.39, 0.29) is 6.09 Å². The summed E-state index contributed by atoms with van der Waals surface area (Å²) in [6.45, 7) is 2.53. The number of para-hydroxylation sites is 1. The Hall–Kier alpha value is -2.00. The van der Waals surface area contributed by atoms with Gasteiger partial charge >= 0.3 is 6.09 Å². The zero-order chi connectivity index (χ0) is 14.9. The number of benzene rings is 2. The molecule has 1 saturated heterocycles. The van der Waals surface area contributed by atoms with Crippen LogP contribution in [0.15, 0.2) is 54.6 Å². The minimum Gasteiger partial charge on any atom is -0.438 e. The van der Waals surface area contributed by atoms with Gasteiger partial charge in [-0.25, -0.2) is 4.79 Å². The van der Waals surface area contributed by atoms with Crippen LogP contribution in [-0.4, -0.2) is 12.6 Å². The quantitative estimate of drug-likeness (QED) is 0.811. The Morgan fingerprint density at radius 1 is 1.10 bits per heavy atom. The van der Waals surface area contributed by atoms with Crippen molar-refractivity contribution in [1.82, 2.24) is 0 Å². The number of amides is 1. The van der Waals surface area contributed by atoms with Crippen LogP contribution in [0.1, 0.15) is 18.9 Å². The molecule has 1 atom stereocenters. The van der Waals surface area contributed by atoms with Gasteiger partial charge in [0.2, 0.25) is 0 Å². The Morgan fingerprint density at radius 2 is 1.76 bits per heavy atom. The van der Waals surface area contributed by atoms with Crippen molar-refractivity contribution < 1.29 is 9.53 Å². The minimum atomic E-state index is -0.587. The molecule has 1 heterocycles. The number of cyclic esters (lactones) is 1. The van der Waals surface area contributed by atoms with Crippen LogP contribution in [0.4, 0.5) is 10.5 Å². The fourth-order valence-electron chi connectivity index (χ4n) is 2.60. The zero-order valence-corrected chi connectivity index (χ0v) is 12.5. The molecule has 0 unspecified atom stereocenters. The molecular weight excluding hydrogens is 286 g/mol. The van der Waals surface area contributed by atoms with Crippen LogP contribution in [0.3, 0.4) is 0 Å². The van der Waals surface area contributed by atoms with Crippen molar-refractivity contribution in [3.63, 3.8) is 0 Å². The van der Waals surface area contributed by atoms with Gasteiger partial charge in [0.1, 0.15) is 5.60 Å². The summed E-state index contributed by atoms with van der Waals surface area (Å²) >= 11 is 6.16. The highest BCUT2D eigenvalue weighted by molar-refractivity contribution is 6.33. The topological polar surface area (TPSA) is 29.5 Å². The van der Waals surface area contributed by atoms with Crippen LogP contribution < -0.4 is 4.90 Å². The number of hydrogen-bond acceptors (Lipinski definition) is 2. The third-order valence-corrected chi connectivity index (χ3v) is 4.19. The third kappa shape index (κ3) is 2.61. The lowest BCUT2D eigenvalue weighted by atomic mass is 9.91. The van der Waals surface area contributed by atoms with Gasteiger partial charge in [-0.2, -0.15) is 0 Å². The van der Waals surface area contributed by atoms with E-state index in [1.54, 1.807) is 11.0 Å². The monoisotopic (exact) mass is 301 g/mol. The predicted octanol–water partition coefficient (Wildman–Crippen LogP) is 4.60. The summed E-state index contributed by atoms with van der Waals surface area (Å²) in [5, 5.41) is 0.553. The summed E-state index contributed by atoms with van der Waals surface area (Å²) < 4.78 is 5.71. The second-order valence-corrected chi connectivity index (χ2v) is 5.73. The highest BCUT2D eigenvalue weighted by Gasteiger charge is 2.39. The van der Waals surface area contributed by atoms with E-state index in [2.05, 4.69) is 0 Å². The van der Waals surface area contributed by atoms with Gasteiger partial charge in [-0.15, -0.1) is 0 Å². The number of anilines is 1. The summed E-state index contributed by atoms with van der Waals surface area (Å²) in [6.07, 6.45) is 0.356. The summed E-state index contributed by atoms with van der Waals surface area (Å²) in [6, 6.07) is 17.1. The Kier molecular flexibility index (Phi) is 3.60. The Bertz CT molecular complexity index is 659. The highest BCUT2D eigenvalue weighted by Crippen LogP contribution is 2.36. The fraction of sp³-hybridized carbons (Fsp3) is 0.235. The molecule has 0 aliphatic carbocycles. The smallest absolute Gasteiger partial charge is 0.415 e. The summed E-state index contributed by atoms with van der Waals surface area (Å²) in [5.74, 6) is 0. The van der Waals surface area contributed by atoms with Crippen LogP contribution in [-0.2, 0) is 10.3 Å². The van der Waals surface area contributed by atoms with E-state index in [1.807, 2.05) is 55.5 Å². The van der Waals surface area contributed by atoms with E-state index < -0.39 is 5.60 Å². The van der Waals surface area contributed by atoms with Gasteiger partial charge in [0, 0.05) is 13.0 Å². The molecule has 21 heavy (non-hydrogen) atoms. The van der Waals surface area contributed by atoms with Gasteiger partial charge in [0.25, 0.3) is 0 Å². The molecule has 4 heteroatoms. The lowest BCUT2D eigenvalue weighted by molar-refractivity contribution is 0.00583. The summed E-state index contributed by atoms with van der Waals surface area (Å²) in [4.78, 5) is 14.0. The number of carbonyl (C=O) groups is 1. The second-order valence-electron chi connectivity index (χ2n) is 5.32. The number of ether oxygens (including phenoxy) is 1. The van der Waals surface area contributed by atoms with E-state index in [0.29, 0.717) is 23.7 Å². The first kappa shape index (κ1) is 14.0. The predicted molar refractivity (Wildman–Crippen MR) is 83.7 cm³/mol. The first-order valence-electron chi connectivity index (χ1n) is 6.91. The van der Waals surface area contributed by atoms with Gasteiger partial charge < -0.3 is 4.74 Å². The minimum absolute atomic E-state index is 0.360. The van der Waals surface area contributed by atoms with Crippen LogP contribution in [0.25, 0.3) is 0 Å². The number of hydrogen-bond donors (Lipinski definition) is 0. The molecule has 0 N–H and O–H groups in total. The number of rotatable bonds is 2. The summed E-state index contributed by atoms with van der Waals surface area (Å²) in [5.41, 5.74) is 1.12. The van der Waals surface area contributed by atoms with E-state index >= 15 is 0 Å². The van der Waals surface area contributed by atoms with Gasteiger partial charge in [-0.3, -0.25) is 4.90 Å². The first-order chi connectivity index (χ1) is 10.1. The van der Waals surface area contributed by atoms with Crippen LogP contribution in [0.5, 0.6) is 0 Å². The van der Waals surface area contributed by atoms with Crippen molar-refractivity contribution in [2.45, 2.75) is 18.9 Å². The molecule has 3 rings (SSSR count). The van der Waals surface area contributed by atoms with Crippen molar-refractivity contribution in [2.24, 2.45) is 0 Å². The van der Waals surface area contributed by atoms with Crippen LogP contribution >= 0.6 is 11.6 Å². The maximum absolute atomic E-state index is 12.4. The molecule has 0 aromatic heterocycles. The molecule has 1 aliphatic heterocycles. The number of carbonyl (C=O) groups excluding carboxylic acids is 1. The number of halogens is 1. The lowest BCUT2D eigenvalue weighted by Crippen LogP contribution is -2.46. The maximum Gasteiger partial charge on any atom is 0.415 e. The van der Waals surface area contributed by atoms with Crippen molar-refractivity contribution in [3.05, 3.63) is 65.2 Å². The SMILES string of the molecule is C[C@]1(c2ccccc2)CCN(c2ccccc2Cl)C(=O)O1. The Labute approximate surface area is 129 Å². The third-order valence-electron chi connectivity index (χ3n) is 3.87. The molecule has 3 nitrogen and oxygen atoms in total. The molecule has 108 valence electrons. The molecule has 1 aliphatic rings. The standard InChI is InChI=1S/C17H16ClNO2/c1-17(13-7-3-2-4-8-13)11-12-19(16(20)21-17)15-10-6-5-9-14(15)18/h2-10H,11-12H2,1H3/t17-/m1/s1. The largest absolute Gasteiger partial charge is 0.438 e.